The second-order valence-electron chi connectivity index (χ2n) is 7.56. The summed E-state index contributed by atoms with van der Waals surface area (Å²) in [5, 5.41) is 2.86. The van der Waals surface area contributed by atoms with Crippen molar-refractivity contribution in [1.82, 2.24) is 14.9 Å². The zero-order chi connectivity index (χ0) is 20.6. The number of aryl methyl sites for hydroxylation is 4. The fourth-order valence-electron chi connectivity index (χ4n) is 3.44. The van der Waals surface area contributed by atoms with Crippen LogP contribution >= 0.6 is 0 Å². The van der Waals surface area contributed by atoms with Crippen molar-refractivity contribution in [2.45, 2.75) is 53.0 Å². The molecule has 5 nitrogen and oxygen atoms in total. The van der Waals surface area contributed by atoms with Crippen molar-refractivity contribution in [3.05, 3.63) is 59.4 Å². The van der Waals surface area contributed by atoms with Gasteiger partial charge in [0.15, 0.2) is 0 Å². The zero-order valence-corrected chi connectivity index (χ0v) is 17.7. The van der Waals surface area contributed by atoms with Gasteiger partial charge in [-0.25, -0.2) is 4.98 Å². The highest BCUT2D eigenvalue weighted by Crippen LogP contribution is 2.19. The third kappa shape index (κ3) is 5.83. The van der Waals surface area contributed by atoms with Crippen LogP contribution in [0.25, 0.3) is 11.0 Å². The van der Waals surface area contributed by atoms with Gasteiger partial charge in [0, 0.05) is 26.4 Å². The Labute approximate surface area is 173 Å². The molecule has 1 heterocycles. The lowest BCUT2D eigenvalue weighted by atomic mass is 10.1. The molecule has 0 spiro atoms. The average molecular weight is 394 g/mol. The van der Waals surface area contributed by atoms with E-state index in [0.717, 1.165) is 49.3 Å². The van der Waals surface area contributed by atoms with Gasteiger partial charge < -0.3 is 14.6 Å². The summed E-state index contributed by atoms with van der Waals surface area (Å²) in [7, 11) is 0. The number of amides is 1. The Hall–Kier alpha value is -2.82. The molecule has 0 atom stereocenters. The molecule has 3 rings (SSSR count). The third-order valence-corrected chi connectivity index (χ3v) is 5.21. The summed E-state index contributed by atoms with van der Waals surface area (Å²) >= 11 is 0. The molecular weight excluding hydrogens is 362 g/mol. The Morgan fingerprint density at radius 2 is 1.90 bits per heavy atom. The van der Waals surface area contributed by atoms with Crippen molar-refractivity contribution in [3.8, 4) is 5.75 Å². The number of benzene rings is 2. The molecule has 154 valence electrons. The number of nitrogens with one attached hydrogen (secondary N) is 1. The van der Waals surface area contributed by atoms with E-state index in [4.69, 9.17) is 9.72 Å². The molecule has 2 aromatic carbocycles. The minimum absolute atomic E-state index is 0.0160. The molecule has 0 radical (unpaired) electrons. The number of carbonyl (C=O) groups is 1. The summed E-state index contributed by atoms with van der Waals surface area (Å²) in [6.07, 6.45) is 3.77. The normalized spacial score (nSPS) is 11.0. The van der Waals surface area contributed by atoms with E-state index in [9.17, 15) is 4.79 Å². The van der Waals surface area contributed by atoms with Gasteiger partial charge in [-0.3, -0.25) is 4.79 Å². The Balaban J connectivity index is 1.54. The van der Waals surface area contributed by atoms with E-state index in [1.54, 1.807) is 6.92 Å². The predicted octanol–water partition coefficient (Wildman–Crippen LogP) is 4.58. The summed E-state index contributed by atoms with van der Waals surface area (Å²) < 4.78 is 8.23. The number of para-hydroxylation sites is 2. The molecule has 1 aromatic heterocycles. The Morgan fingerprint density at radius 1 is 1.07 bits per heavy atom. The van der Waals surface area contributed by atoms with Crippen LogP contribution in [0.2, 0.25) is 0 Å². The van der Waals surface area contributed by atoms with Crippen LogP contribution in [0.15, 0.2) is 42.5 Å². The maximum atomic E-state index is 11.1. The molecule has 0 aliphatic carbocycles. The lowest BCUT2D eigenvalue weighted by Crippen LogP contribution is -2.21. The first-order valence-corrected chi connectivity index (χ1v) is 10.4. The maximum Gasteiger partial charge on any atom is 0.216 e. The highest BCUT2D eigenvalue weighted by atomic mass is 16.5. The van der Waals surface area contributed by atoms with Gasteiger partial charge >= 0.3 is 0 Å². The Kier molecular flexibility index (Phi) is 7.28. The zero-order valence-electron chi connectivity index (χ0n) is 17.7. The minimum atomic E-state index is 0.0160. The van der Waals surface area contributed by atoms with Crippen LogP contribution in [0.1, 0.15) is 43.1 Å². The molecule has 5 heteroatoms. The number of rotatable bonds is 10. The monoisotopic (exact) mass is 393 g/mol. The van der Waals surface area contributed by atoms with Crippen molar-refractivity contribution < 1.29 is 9.53 Å². The van der Waals surface area contributed by atoms with E-state index in [1.165, 1.54) is 16.6 Å². The molecule has 1 N–H and O–H groups in total. The van der Waals surface area contributed by atoms with Crippen molar-refractivity contribution in [1.29, 1.82) is 0 Å². The Bertz CT molecular complexity index is 962. The molecule has 0 aliphatic heterocycles. The summed E-state index contributed by atoms with van der Waals surface area (Å²) in [5.74, 6) is 2.05. The number of ether oxygens (including phenoxy) is 1. The van der Waals surface area contributed by atoms with Gasteiger partial charge in [0.25, 0.3) is 0 Å². The van der Waals surface area contributed by atoms with E-state index >= 15 is 0 Å². The summed E-state index contributed by atoms with van der Waals surface area (Å²) in [6.45, 7) is 8.10. The smallest absolute Gasteiger partial charge is 0.216 e. The van der Waals surface area contributed by atoms with Crippen LogP contribution in [0.3, 0.4) is 0 Å². The highest BCUT2D eigenvalue weighted by Gasteiger charge is 2.10. The molecule has 0 fully saturated rings. The highest BCUT2D eigenvalue weighted by molar-refractivity contribution is 5.76. The van der Waals surface area contributed by atoms with Crippen LogP contribution in [0.5, 0.6) is 5.75 Å². The molecule has 29 heavy (non-hydrogen) atoms. The fourth-order valence-corrected chi connectivity index (χ4v) is 3.44. The summed E-state index contributed by atoms with van der Waals surface area (Å²) in [4.78, 5) is 15.9. The summed E-state index contributed by atoms with van der Waals surface area (Å²) in [6, 6.07) is 14.5. The first-order valence-electron chi connectivity index (χ1n) is 10.4. The van der Waals surface area contributed by atoms with E-state index in [2.05, 4.69) is 54.1 Å². The molecule has 0 saturated carbocycles. The number of fused-ring (bicyclic) bond motifs is 1. The van der Waals surface area contributed by atoms with Gasteiger partial charge in [0.2, 0.25) is 5.91 Å². The van der Waals surface area contributed by atoms with Crippen molar-refractivity contribution in [3.63, 3.8) is 0 Å². The van der Waals surface area contributed by atoms with E-state index in [0.29, 0.717) is 13.2 Å². The molecule has 3 aromatic rings. The third-order valence-electron chi connectivity index (χ3n) is 5.21. The van der Waals surface area contributed by atoms with Gasteiger partial charge in [-0.2, -0.15) is 0 Å². The SMILES string of the molecule is CC(=O)NCCCc1nc2ccccc2n1CCCCOc1ccc(C)c(C)c1. The molecular formula is C24H31N3O2. The van der Waals surface area contributed by atoms with Crippen molar-refractivity contribution >= 4 is 16.9 Å². The van der Waals surface area contributed by atoms with Gasteiger partial charge in [-0.15, -0.1) is 0 Å². The molecule has 0 bridgehead atoms. The van der Waals surface area contributed by atoms with Crippen LogP contribution in [-0.2, 0) is 17.8 Å². The number of carbonyl (C=O) groups excluding carboxylic acids is 1. The predicted molar refractivity (Wildman–Crippen MR) is 117 cm³/mol. The number of hydrogen-bond donors (Lipinski definition) is 1. The average Bonchev–Trinajstić information content (AvgIpc) is 3.05. The quantitative estimate of drug-likeness (QED) is 0.513. The van der Waals surface area contributed by atoms with Crippen LogP contribution in [0, 0.1) is 13.8 Å². The molecule has 1 amide bonds. The topological polar surface area (TPSA) is 56.2 Å². The van der Waals surface area contributed by atoms with Crippen LogP contribution in [-0.4, -0.2) is 28.6 Å². The number of imidazole rings is 1. The molecule has 0 unspecified atom stereocenters. The van der Waals surface area contributed by atoms with Crippen LogP contribution < -0.4 is 10.1 Å². The standard InChI is InChI=1S/C24H31N3O2/c1-18-12-13-21(17-19(18)2)29-16-7-6-15-27-23-10-5-4-9-22(23)26-24(27)11-8-14-25-20(3)28/h4-5,9-10,12-13,17H,6-8,11,14-16H2,1-3H3,(H,25,28). The lowest BCUT2D eigenvalue weighted by molar-refractivity contribution is -0.118. The van der Waals surface area contributed by atoms with E-state index < -0.39 is 0 Å². The first-order chi connectivity index (χ1) is 14.0. The molecule has 0 saturated heterocycles. The molecule has 0 aliphatic rings. The summed E-state index contributed by atoms with van der Waals surface area (Å²) in [5.41, 5.74) is 4.76. The van der Waals surface area contributed by atoms with Crippen molar-refractivity contribution in [2.75, 3.05) is 13.2 Å². The first kappa shape index (κ1) is 20.9. The second kappa shape index (κ2) is 10.1. The minimum Gasteiger partial charge on any atom is -0.494 e. The van der Waals surface area contributed by atoms with Gasteiger partial charge in [0.1, 0.15) is 11.6 Å². The van der Waals surface area contributed by atoms with E-state index in [-0.39, 0.29) is 5.91 Å². The van der Waals surface area contributed by atoms with Crippen LogP contribution in [0.4, 0.5) is 0 Å². The number of unbranched alkanes of at least 4 members (excludes halogenated alkanes) is 1. The lowest BCUT2D eigenvalue weighted by Gasteiger charge is -2.11. The van der Waals surface area contributed by atoms with Crippen molar-refractivity contribution in [2.24, 2.45) is 0 Å². The number of nitrogens with zero attached hydrogens (tertiary/aromatic N) is 2. The Morgan fingerprint density at radius 3 is 2.69 bits per heavy atom. The second-order valence-corrected chi connectivity index (χ2v) is 7.56. The van der Waals surface area contributed by atoms with Gasteiger partial charge in [-0.1, -0.05) is 18.2 Å². The largest absolute Gasteiger partial charge is 0.494 e. The maximum absolute atomic E-state index is 11.1. The fraction of sp³-hybridized carbons (Fsp3) is 0.417. The van der Waals surface area contributed by atoms with E-state index in [1.807, 2.05) is 12.1 Å². The van der Waals surface area contributed by atoms with Gasteiger partial charge in [0.05, 0.1) is 17.6 Å². The van der Waals surface area contributed by atoms with Gasteiger partial charge in [-0.05, 0) is 68.5 Å². The number of aromatic nitrogens is 2. The number of hydrogen-bond acceptors (Lipinski definition) is 3.